The van der Waals surface area contributed by atoms with Crippen LogP contribution >= 0.6 is 23.2 Å². The molecule has 7 heteroatoms. The summed E-state index contributed by atoms with van der Waals surface area (Å²) in [5.74, 6) is 0.727. The maximum atomic E-state index is 12.1. The van der Waals surface area contributed by atoms with E-state index in [0.29, 0.717) is 27.9 Å². The van der Waals surface area contributed by atoms with Crippen LogP contribution in [-0.4, -0.2) is 15.9 Å². The molecule has 0 radical (unpaired) electrons. The molecule has 0 saturated heterocycles. The van der Waals surface area contributed by atoms with Crippen molar-refractivity contribution in [1.29, 1.82) is 0 Å². The quantitative estimate of drug-likeness (QED) is 0.677. The fourth-order valence-corrected chi connectivity index (χ4v) is 2.18. The second-order valence-corrected chi connectivity index (χ2v) is 5.59. The van der Waals surface area contributed by atoms with Gasteiger partial charge in [0.2, 0.25) is 5.88 Å². The van der Waals surface area contributed by atoms with Crippen LogP contribution in [0.1, 0.15) is 10.4 Å². The third kappa shape index (κ3) is 4.22. The van der Waals surface area contributed by atoms with Gasteiger partial charge in [0.25, 0.3) is 5.91 Å². The first-order chi connectivity index (χ1) is 11.6. The van der Waals surface area contributed by atoms with Crippen LogP contribution < -0.4 is 10.1 Å². The highest BCUT2D eigenvalue weighted by Crippen LogP contribution is 2.22. The van der Waals surface area contributed by atoms with Crippen molar-refractivity contribution < 1.29 is 9.53 Å². The van der Waals surface area contributed by atoms with E-state index in [0.717, 1.165) is 0 Å². The molecule has 2 aromatic heterocycles. The fraction of sp³-hybridized carbons (Fsp3) is 0. The van der Waals surface area contributed by atoms with E-state index in [1.807, 2.05) is 0 Å². The highest BCUT2D eigenvalue weighted by atomic mass is 35.5. The zero-order valence-electron chi connectivity index (χ0n) is 12.2. The van der Waals surface area contributed by atoms with Gasteiger partial charge in [-0.3, -0.25) is 4.79 Å². The number of halogens is 2. The second kappa shape index (κ2) is 7.29. The van der Waals surface area contributed by atoms with Crippen LogP contribution in [0.5, 0.6) is 11.6 Å². The number of ether oxygens (including phenoxy) is 1. The average Bonchev–Trinajstić information content (AvgIpc) is 2.59. The first-order valence-electron chi connectivity index (χ1n) is 6.92. The number of nitrogens with zero attached hydrogens (tertiary/aromatic N) is 2. The molecule has 0 aliphatic heterocycles. The molecule has 5 nitrogen and oxygen atoms in total. The van der Waals surface area contributed by atoms with E-state index in [4.69, 9.17) is 27.9 Å². The normalized spacial score (nSPS) is 10.2. The molecular weight excluding hydrogens is 349 g/mol. The van der Waals surface area contributed by atoms with Crippen molar-refractivity contribution in [3.63, 3.8) is 0 Å². The minimum Gasteiger partial charge on any atom is -0.439 e. The Kier molecular flexibility index (Phi) is 4.93. The number of nitrogens with one attached hydrogen (secondary N) is 1. The van der Waals surface area contributed by atoms with Crippen LogP contribution in [0.15, 0.2) is 60.9 Å². The Morgan fingerprint density at radius 2 is 1.79 bits per heavy atom. The van der Waals surface area contributed by atoms with Crippen LogP contribution in [0.2, 0.25) is 10.2 Å². The summed E-state index contributed by atoms with van der Waals surface area (Å²) in [5.41, 5.74) is 0.952. The Bertz CT molecular complexity index is 852. The van der Waals surface area contributed by atoms with E-state index in [1.54, 1.807) is 42.5 Å². The highest BCUT2D eigenvalue weighted by molar-refractivity contribution is 6.30. The van der Waals surface area contributed by atoms with E-state index in [-0.39, 0.29) is 11.1 Å². The van der Waals surface area contributed by atoms with Gasteiger partial charge in [-0.05, 0) is 42.5 Å². The minimum atomic E-state index is -0.299. The molecule has 3 rings (SSSR count). The van der Waals surface area contributed by atoms with Crippen LogP contribution in [0.4, 0.5) is 5.69 Å². The van der Waals surface area contributed by atoms with Crippen LogP contribution in [0.3, 0.4) is 0 Å². The van der Waals surface area contributed by atoms with Crippen molar-refractivity contribution in [3.05, 3.63) is 76.7 Å². The largest absolute Gasteiger partial charge is 0.439 e. The van der Waals surface area contributed by atoms with Gasteiger partial charge in [0.15, 0.2) is 0 Å². The summed E-state index contributed by atoms with van der Waals surface area (Å²) in [7, 11) is 0. The molecule has 120 valence electrons. The van der Waals surface area contributed by atoms with Crippen molar-refractivity contribution in [3.8, 4) is 11.6 Å². The number of hydrogen-bond donors (Lipinski definition) is 1. The monoisotopic (exact) mass is 359 g/mol. The topological polar surface area (TPSA) is 64.1 Å². The first kappa shape index (κ1) is 16.2. The van der Waals surface area contributed by atoms with Crippen molar-refractivity contribution in [2.75, 3.05) is 5.32 Å². The number of amides is 1. The zero-order valence-corrected chi connectivity index (χ0v) is 13.8. The van der Waals surface area contributed by atoms with E-state index >= 15 is 0 Å². The minimum absolute atomic E-state index is 0.257. The molecule has 0 atom stereocenters. The standard InChI is InChI=1S/C17H11Cl2N3O2/c18-12-1-4-14(5-2-12)24-16-6-3-13(10-21-16)22-17(23)11-7-8-20-15(19)9-11/h1-10H,(H,22,23). The van der Waals surface area contributed by atoms with E-state index in [9.17, 15) is 4.79 Å². The number of aromatic nitrogens is 2. The molecular formula is C17H11Cl2N3O2. The predicted molar refractivity (Wildman–Crippen MR) is 93.0 cm³/mol. The predicted octanol–water partition coefficient (Wildman–Crippen LogP) is 4.83. The molecule has 0 aliphatic rings. The summed E-state index contributed by atoms with van der Waals surface area (Å²) in [5, 5.41) is 3.61. The van der Waals surface area contributed by atoms with Gasteiger partial charge in [-0.1, -0.05) is 23.2 Å². The van der Waals surface area contributed by atoms with Crippen molar-refractivity contribution in [1.82, 2.24) is 9.97 Å². The lowest BCUT2D eigenvalue weighted by molar-refractivity contribution is 0.102. The summed E-state index contributed by atoms with van der Waals surface area (Å²) >= 11 is 11.6. The number of pyridine rings is 2. The highest BCUT2D eigenvalue weighted by Gasteiger charge is 2.07. The van der Waals surface area contributed by atoms with Gasteiger partial charge < -0.3 is 10.1 Å². The van der Waals surface area contributed by atoms with E-state index < -0.39 is 0 Å². The summed E-state index contributed by atoms with van der Waals surface area (Å²) < 4.78 is 5.59. The molecule has 3 aromatic rings. The van der Waals surface area contributed by atoms with Gasteiger partial charge >= 0.3 is 0 Å². The van der Waals surface area contributed by atoms with Gasteiger partial charge in [-0.2, -0.15) is 0 Å². The van der Waals surface area contributed by atoms with Crippen LogP contribution in [0.25, 0.3) is 0 Å². The van der Waals surface area contributed by atoms with E-state index in [2.05, 4.69) is 15.3 Å². The van der Waals surface area contributed by atoms with Gasteiger partial charge in [0.05, 0.1) is 11.9 Å². The molecule has 0 unspecified atom stereocenters. The Labute approximate surface area is 148 Å². The third-order valence-corrected chi connectivity index (χ3v) is 3.48. The molecule has 0 spiro atoms. The number of benzene rings is 1. The summed E-state index contributed by atoms with van der Waals surface area (Å²) in [6, 6.07) is 13.4. The van der Waals surface area contributed by atoms with Crippen LogP contribution in [0, 0.1) is 0 Å². The first-order valence-corrected chi connectivity index (χ1v) is 7.68. The Balaban J connectivity index is 1.66. The maximum Gasteiger partial charge on any atom is 0.255 e. The molecule has 24 heavy (non-hydrogen) atoms. The van der Waals surface area contributed by atoms with Crippen molar-refractivity contribution in [2.45, 2.75) is 0 Å². The van der Waals surface area contributed by atoms with Gasteiger partial charge in [0, 0.05) is 22.8 Å². The molecule has 1 amide bonds. The third-order valence-electron chi connectivity index (χ3n) is 3.02. The average molecular weight is 360 g/mol. The van der Waals surface area contributed by atoms with Crippen molar-refractivity contribution >= 4 is 34.8 Å². The number of carbonyl (C=O) groups is 1. The van der Waals surface area contributed by atoms with Crippen molar-refractivity contribution in [2.24, 2.45) is 0 Å². The van der Waals surface area contributed by atoms with E-state index in [1.165, 1.54) is 18.5 Å². The Morgan fingerprint density at radius 1 is 1.00 bits per heavy atom. The summed E-state index contributed by atoms with van der Waals surface area (Å²) in [6.45, 7) is 0. The lowest BCUT2D eigenvalue weighted by atomic mass is 10.2. The summed E-state index contributed by atoms with van der Waals surface area (Å²) in [4.78, 5) is 20.1. The smallest absolute Gasteiger partial charge is 0.255 e. The molecule has 0 fully saturated rings. The SMILES string of the molecule is O=C(Nc1ccc(Oc2ccc(Cl)cc2)nc1)c1ccnc(Cl)c1. The molecule has 0 aliphatic carbocycles. The maximum absolute atomic E-state index is 12.1. The number of anilines is 1. The second-order valence-electron chi connectivity index (χ2n) is 4.76. The van der Waals surface area contributed by atoms with Crippen LogP contribution in [-0.2, 0) is 0 Å². The summed E-state index contributed by atoms with van der Waals surface area (Å²) in [6.07, 6.45) is 2.98. The van der Waals surface area contributed by atoms with Gasteiger partial charge in [0.1, 0.15) is 10.9 Å². The Hall–Kier alpha value is -2.63. The lowest BCUT2D eigenvalue weighted by Crippen LogP contribution is -2.12. The van der Waals surface area contributed by atoms with Gasteiger partial charge in [-0.15, -0.1) is 0 Å². The molecule has 0 bridgehead atoms. The molecule has 1 aromatic carbocycles. The molecule has 1 N–H and O–H groups in total. The number of carbonyl (C=O) groups excluding carboxylic acids is 1. The molecule has 0 saturated carbocycles. The molecule has 2 heterocycles. The van der Waals surface area contributed by atoms with Gasteiger partial charge in [-0.25, -0.2) is 9.97 Å². The number of hydrogen-bond acceptors (Lipinski definition) is 4. The zero-order chi connectivity index (χ0) is 16.9. The number of rotatable bonds is 4. The lowest BCUT2D eigenvalue weighted by Gasteiger charge is -2.07. The Morgan fingerprint density at radius 3 is 2.46 bits per heavy atom. The fourth-order valence-electron chi connectivity index (χ4n) is 1.88.